The van der Waals surface area contributed by atoms with Gasteiger partial charge in [0.15, 0.2) is 0 Å². The third kappa shape index (κ3) is 5.01. The van der Waals surface area contributed by atoms with Crippen LogP contribution in [0.15, 0.2) is 91.0 Å². The van der Waals surface area contributed by atoms with Crippen LogP contribution in [-0.4, -0.2) is 38.1 Å². The molecule has 1 N–H and O–H groups in total. The minimum absolute atomic E-state index is 0.0412. The van der Waals surface area contributed by atoms with E-state index in [1.807, 2.05) is 91.0 Å². The van der Waals surface area contributed by atoms with Gasteiger partial charge in [0.05, 0.1) is 20.1 Å². The van der Waals surface area contributed by atoms with Gasteiger partial charge in [0.25, 0.3) is 0 Å². The van der Waals surface area contributed by atoms with Crippen LogP contribution in [0.3, 0.4) is 0 Å². The summed E-state index contributed by atoms with van der Waals surface area (Å²) in [5, 5.41) is 2.89. The van der Waals surface area contributed by atoms with Crippen molar-refractivity contribution in [1.82, 2.24) is 5.32 Å². The van der Waals surface area contributed by atoms with Crippen molar-refractivity contribution in [1.29, 1.82) is 0 Å². The van der Waals surface area contributed by atoms with Crippen LogP contribution in [0.4, 0.5) is 0 Å². The maximum atomic E-state index is 14.3. The van der Waals surface area contributed by atoms with Crippen molar-refractivity contribution in [2.24, 2.45) is 5.92 Å². The largest absolute Gasteiger partial charge is 0.469 e. The number of carbonyl (C=O) groups is 3. The summed E-state index contributed by atoms with van der Waals surface area (Å²) in [5.74, 6) is -2.12. The number of nitrogens with one attached hydrogen (secondary N) is 1. The van der Waals surface area contributed by atoms with Gasteiger partial charge in [-0.05, 0) is 23.1 Å². The average molecular weight is 460 g/mol. The summed E-state index contributed by atoms with van der Waals surface area (Å²) < 4.78 is 9.75. The van der Waals surface area contributed by atoms with E-state index in [1.165, 1.54) is 14.2 Å². The number of hydrogen-bond donors (Lipinski definition) is 1. The standard InChI is InChI=1S/C28H29NO5/c1-20(25(30)33-2)19-24(26(31)34-3)29-27(32)28(21-13-7-4-8-14-21,22-15-9-5-10-16-22)23-17-11-6-12-18-23/h4-18,20,24H,19H2,1-3H3,(H,29,32)/t20-,24+/m0/s1. The summed E-state index contributed by atoms with van der Waals surface area (Å²) in [7, 11) is 2.54. The Bertz CT molecular complexity index is 1000. The molecule has 0 saturated carbocycles. The lowest BCUT2D eigenvalue weighted by molar-refractivity contribution is -0.149. The lowest BCUT2D eigenvalue weighted by atomic mass is 9.68. The second-order valence-electron chi connectivity index (χ2n) is 8.06. The Kier molecular flexibility index (Phi) is 8.19. The Morgan fingerprint density at radius 2 is 1.09 bits per heavy atom. The van der Waals surface area contributed by atoms with Gasteiger partial charge in [-0.2, -0.15) is 0 Å². The van der Waals surface area contributed by atoms with E-state index in [4.69, 9.17) is 9.47 Å². The fourth-order valence-electron chi connectivity index (χ4n) is 4.23. The van der Waals surface area contributed by atoms with Crippen LogP contribution in [0.2, 0.25) is 0 Å². The molecule has 0 radical (unpaired) electrons. The van der Waals surface area contributed by atoms with Crippen LogP contribution in [0.5, 0.6) is 0 Å². The molecule has 0 aliphatic heterocycles. The predicted molar refractivity (Wildman–Crippen MR) is 129 cm³/mol. The normalized spacial score (nSPS) is 12.8. The zero-order valence-electron chi connectivity index (χ0n) is 19.6. The fraction of sp³-hybridized carbons (Fsp3) is 0.250. The molecule has 6 nitrogen and oxygen atoms in total. The van der Waals surface area contributed by atoms with E-state index in [2.05, 4.69) is 5.32 Å². The van der Waals surface area contributed by atoms with Crippen molar-refractivity contribution < 1.29 is 23.9 Å². The SMILES string of the molecule is COC(=O)[C@@H](C)C[C@@H](NC(=O)C(c1ccccc1)(c1ccccc1)c1ccccc1)C(=O)OC. The Labute approximate surface area is 199 Å². The Morgan fingerprint density at radius 1 is 0.706 bits per heavy atom. The van der Waals surface area contributed by atoms with Crippen LogP contribution in [0, 0.1) is 5.92 Å². The summed E-state index contributed by atoms with van der Waals surface area (Å²) in [4.78, 5) is 38.9. The van der Waals surface area contributed by atoms with Crippen LogP contribution in [0.1, 0.15) is 30.0 Å². The lowest BCUT2D eigenvalue weighted by Crippen LogP contribution is -2.52. The van der Waals surface area contributed by atoms with Crippen molar-refractivity contribution in [3.8, 4) is 0 Å². The van der Waals surface area contributed by atoms with Crippen LogP contribution in [0.25, 0.3) is 0 Å². The molecule has 0 heterocycles. The van der Waals surface area contributed by atoms with Gasteiger partial charge in [-0.25, -0.2) is 4.79 Å². The maximum absolute atomic E-state index is 14.3. The van der Waals surface area contributed by atoms with Crippen molar-refractivity contribution in [2.75, 3.05) is 14.2 Å². The zero-order valence-corrected chi connectivity index (χ0v) is 19.6. The molecule has 0 unspecified atom stereocenters. The van der Waals surface area contributed by atoms with E-state index in [-0.39, 0.29) is 6.42 Å². The van der Waals surface area contributed by atoms with Gasteiger partial charge >= 0.3 is 11.9 Å². The summed E-state index contributed by atoms with van der Waals surface area (Å²) >= 11 is 0. The number of methoxy groups -OCH3 is 2. The van der Waals surface area contributed by atoms with Crippen LogP contribution >= 0.6 is 0 Å². The molecule has 0 saturated heterocycles. The number of benzene rings is 3. The summed E-state index contributed by atoms with van der Waals surface area (Å²) in [6, 6.07) is 27.2. The molecule has 0 spiro atoms. The molecule has 3 rings (SSSR count). The molecule has 0 aliphatic carbocycles. The van der Waals surface area contributed by atoms with Crippen molar-refractivity contribution >= 4 is 17.8 Å². The highest BCUT2D eigenvalue weighted by Gasteiger charge is 2.45. The quantitative estimate of drug-likeness (QED) is 0.388. The first-order valence-corrected chi connectivity index (χ1v) is 11.1. The van der Waals surface area contributed by atoms with Gasteiger partial charge in [0, 0.05) is 0 Å². The highest BCUT2D eigenvalue weighted by atomic mass is 16.5. The number of amides is 1. The van der Waals surface area contributed by atoms with E-state index < -0.39 is 35.2 Å². The first kappa shape index (κ1) is 24.7. The summed E-state index contributed by atoms with van der Waals surface area (Å²) in [6.45, 7) is 1.65. The minimum Gasteiger partial charge on any atom is -0.469 e. The van der Waals surface area contributed by atoms with E-state index in [1.54, 1.807) is 6.92 Å². The second-order valence-corrected chi connectivity index (χ2v) is 8.06. The molecule has 1 amide bonds. The molecule has 176 valence electrons. The minimum atomic E-state index is -1.25. The highest BCUT2D eigenvalue weighted by Crippen LogP contribution is 2.39. The van der Waals surface area contributed by atoms with Gasteiger partial charge < -0.3 is 14.8 Å². The van der Waals surface area contributed by atoms with E-state index in [0.29, 0.717) is 0 Å². The molecule has 3 aromatic rings. The summed E-state index contributed by atoms with van der Waals surface area (Å²) in [6.07, 6.45) is 0.0412. The van der Waals surface area contributed by atoms with E-state index in [9.17, 15) is 14.4 Å². The number of carbonyl (C=O) groups excluding carboxylic acids is 3. The Hall–Kier alpha value is -3.93. The van der Waals surface area contributed by atoms with Crippen LogP contribution < -0.4 is 5.32 Å². The molecule has 0 aliphatic rings. The van der Waals surface area contributed by atoms with E-state index in [0.717, 1.165) is 16.7 Å². The molecule has 0 aromatic heterocycles. The first-order valence-electron chi connectivity index (χ1n) is 11.1. The molecule has 6 heteroatoms. The Balaban J connectivity index is 2.16. The summed E-state index contributed by atoms with van der Waals surface area (Å²) in [5.41, 5.74) is 0.989. The molecule has 3 aromatic carbocycles. The van der Waals surface area contributed by atoms with Gasteiger partial charge in [0.2, 0.25) is 5.91 Å². The fourth-order valence-corrected chi connectivity index (χ4v) is 4.23. The Morgan fingerprint density at radius 3 is 1.44 bits per heavy atom. The molecule has 0 bridgehead atoms. The van der Waals surface area contributed by atoms with Gasteiger partial charge in [-0.1, -0.05) is 97.9 Å². The zero-order chi connectivity index (χ0) is 24.6. The first-order chi connectivity index (χ1) is 16.4. The van der Waals surface area contributed by atoms with Gasteiger partial charge in [0.1, 0.15) is 11.5 Å². The van der Waals surface area contributed by atoms with Crippen molar-refractivity contribution in [3.05, 3.63) is 108 Å². The topological polar surface area (TPSA) is 81.7 Å². The molecular weight excluding hydrogens is 430 g/mol. The third-order valence-corrected chi connectivity index (χ3v) is 5.94. The van der Waals surface area contributed by atoms with Crippen molar-refractivity contribution in [2.45, 2.75) is 24.8 Å². The van der Waals surface area contributed by atoms with Gasteiger partial charge in [-0.3, -0.25) is 9.59 Å². The number of ether oxygens (including phenoxy) is 2. The van der Waals surface area contributed by atoms with Crippen LogP contribution in [-0.2, 0) is 29.3 Å². The number of esters is 2. The third-order valence-electron chi connectivity index (χ3n) is 5.94. The maximum Gasteiger partial charge on any atom is 0.328 e. The number of hydrogen-bond acceptors (Lipinski definition) is 5. The highest BCUT2D eigenvalue weighted by molar-refractivity contribution is 5.98. The molecular formula is C28H29NO5. The lowest BCUT2D eigenvalue weighted by Gasteiger charge is -2.35. The molecule has 34 heavy (non-hydrogen) atoms. The average Bonchev–Trinajstić information content (AvgIpc) is 2.89. The predicted octanol–water partition coefficient (Wildman–Crippen LogP) is 3.88. The van der Waals surface area contributed by atoms with Gasteiger partial charge in [-0.15, -0.1) is 0 Å². The second kappa shape index (κ2) is 11.3. The molecule has 2 atom stereocenters. The number of rotatable bonds is 9. The molecule has 0 fully saturated rings. The smallest absolute Gasteiger partial charge is 0.328 e. The van der Waals surface area contributed by atoms with E-state index >= 15 is 0 Å². The monoisotopic (exact) mass is 459 g/mol. The van der Waals surface area contributed by atoms with Crippen molar-refractivity contribution in [3.63, 3.8) is 0 Å².